The molecule has 0 aliphatic rings. The minimum atomic E-state index is -0.526. The number of carbonyl (C=O) groups is 2. The molecule has 0 bridgehead atoms. The fraction of sp³-hybridized carbons (Fsp3) is 0.882. The van der Waals surface area contributed by atoms with Gasteiger partial charge in [0.05, 0.1) is 6.04 Å². The van der Waals surface area contributed by atoms with Crippen LogP contribution >= 0.6 is 0 Å². The van der Waals surface area contributed by atoms with Gasteiger partial charge in [0, 0.05) is 25.2 Å². The second-order valence-electron chi connectivity index (χ2n) is 7.77. The third kappa shape index (κ3) is 9.43. The number of nitrogens with zero attached hydrogens (tertiary/aromatic N) is 1. The maximum Gasteiger partial charge on any atom is 0.410 e. The standard InChI is InChI=1S/C17H35N3O3/c1-9-10-19-14(21)13(2)18-11-12-20(16(3,4)5)15(22)23-17(6,7)8/h13,18H,9-12H2,1-8H3,(H,19,21). The molecule has 0 aromatic rings. The molecule has 1 unspecified atom stereocenters. The molecule has 6 heteroatoms. The number of nitrogens with one attached hydrogen (secondary N) is 2. The molecular formula is C17H35N3O3. The molecule has 1 atom stereocenters. The topological polar surface area (TPSA) is 70.7 Å². The minimum absolute atomic E-state index is 0.0218. The van der Waals surface area contributed by atoms with Gasteiger partial charge in [0.25, 0.3) is 0 Å². The number of carbonyl (C=O) groups excluding carboxylic acids is 2. The summed E-state index contributed by atoms with van der Waals surface area (Å²) in [5, 5.41) is 6.00. The molecule has 0 heterocycles. The monoisotopic (exact) mass is 329 g/mol. The summed E-state index contributed by atoms with van der Waals surface area (Å²) in [7, 11) is 0. The molecule has 0 radical (unpaired) electrons. The highest BCUT2D eigenvalue weighted by molar-refractivity contribution is 5.81. The van der Waals surface area contributed by atoms with Crippen LogP contribution in [-0.2, 0) is 9.53 Å². The Hall–Kier alpha value is -1.30. The van der Waals surface area contributed by atoms with Gasteiger partial charge in [-0.3, -0.25) is 4.79 Å². The molecule has 136 valence electrons. The van der Waals surface area contributed by atoms with Crippen molar-refractivity contribution in [2.75, 3.05) is 19.6 Å². The van der Waals surface area contributed by atoms with E-state index in [-0.39, 0.29) is 23.6 Å². The van der Waals surface area contributed by atoms with Gasteiger partial charge in [0.2, 0.25) is 5.91 Å². The minimum Gasteiger partial charge on any atom is -0.444 e. The summed E-state index contributed by atoms with van der Waals surface area (Å²) in [4.78, 5) is 25.9. The maximum atomic E-state index is 12.4. The van der Waals surface area contributed by atoms with Gasteiger partial charge >= 0.3 is 6.09 Å². The Balaban J connectivity index is 4.53. The molecule has 2 N–H and O–H groups in total. The lowest BCUT2D eigenvalue weighted by molar-refractivity contribution is -0.122. The Morgan fingerprint density at radius 2 is 1.65 bits per heavy atom. The zero-order valence-corrected chi connectivity index (χ0v) is 16.1. The van der Waals surface area contributed by atoms with E-state index in [1.165, 1.54) is 0 Å². The highest BCUT2D eigenvalue weighted by Gasteiger charge is 2.30. The Labute approximate surface area is 141 Å². The van der Waals surface area contributed by atoms with E-state index in [1.807, 2.05) is 55.4 Å². The van der Waals surface area contributed by atoms with E-state index in [9.17, 15) is 9.59 Å². The highest BCUT2D eigenvalue weighted by Crippen LogP contribution is 2.17. The van der Waals surface area contributed by atoms with Gasteiger partial charge in [-0.05, 0) is 54.9 Å². The second kappa shape index (κ2) is 9.11. The van der Waals surface area contributed by atoms with E-state index in [2.05, 4.69) is 10.6 Å². The number of rotatable bonds is 7. The summed E-state index contributed by atoms with van der Waals surface area (Å²) in [6, 6.07) is -0.290. The van der Waals surface area contributed by atoms with Crippen LogP contribution in [0.4, 0.5) is 4.79 Å². The predicted octanol–water partition coefficient (Wildman–Crippen LogP) is 2.53. The van der Waals surface area contributed by atoms with Crippen LogP contribution in [0.3, 0.4) is 0 Å². The zero-order chi connectivity index (χ0) is 18.3. The van der Waals surface area contributed by atoms with Gasteiger partial charge in [0.1, 0.15) is 5.60 Å². The Bertz CT molecular complexity index is 384. The van der Waals surface area contributed by atoms with Crippen molar-refractivity contribution in [3.05, 3.63) is 0 Å². The van der Waals surface area contributed by atoms with E-state index in [4.69, 9.17) is 4.74 Å². The molecule has 0 fully saturated rings. The molecule has 0 saturated carbocycles. The quantitative estimate of drug-likeness (QED) is 0.753. The lowest BCUT2D eigenvalue weighted by Gasteiger charge is -2.37. The third-order valence-corrected chi connectivity index (χ3v) is 3.15. The fourth-order valence-electron chi connectivity index (χ4n) is 1.90. The van der Waals surface area contributed by atoms with Gasteiger partial charge in [0.15, 0.2) is 0 Å². The smallest absolute Gasteiger partial charge is 0.410 e. The van der Waals surface area contributed by atoms with Crippen LogP contribution in [0.25, 0.3) is 0 Å². The van der Waals surface area contributed by atoms with E-state index >= 15 is 0 Å². The average Bonchev–Trinajstić information content (AvgIpc) is 2.36. The largest absolute Gasteiger partial charge is 0.444 e. The molecule has 0 aliphatic heterocycles. The summed E-state index contributed by atoms with van der Waals surface area (Å²) < 4.78 is 5.46. The molecule has 0 aliphatic carbocycles. The van der Waals surface area contributed by atoms with E-state index in [0.29, 0.717) is 19.6 Å². The summed E-state index contributed by atoms with van der Waals surface area (Å²) in [6.07, 6.45) is 0.574. The normalized spacial score (nSPS) is 13.4. The van der Waals surface area contributed by atoms with E-state index in [1.54, 1.807) is 4.90 Å². The van der Waals surface area contributed by atoms with Crippen molar-refractivity contribution in [3.8, 4) is 0 Å². The maximum absolute atomic E-state index is 12.4. The lowest BCUT2D eigenvalue weighted by Crippen LogP contribution is -2.52. The van der Waals surface area contributed by atoms with Gasteiger partial charge in [-0.15, -0.1) is 0 Å². The predicted molar refractivity (Wildman–Crippen MR) is 93.5 cm³/mol. The molecule has 0 aromatic carbocycles. The summed E-state index contributed by atoms with van der Waals surface area (Å²) in [5.74, 6) is -0.0218. The first-order chi connectivity index (χ1) is 10.4. The zero-order valence-electron chi connectivity index (χ0n) is 16.1. The molecule has 0 rings (SSSR count). The molecule has 23 heavy (non-hydrogen) atoms. The number of amides is 2. The van der Waals surface area contributed by atoms with Crippen LogP contribution < -0.4 is 10.6 Å². The molecule has 0 saturated heterocycles. The van der Waals surface area contributed by atoms with Gasteiger partial charge in [-0.2, -0.15) is 0 Å². The van der Waals surface area contributed by atoms with Crippen LogP contribution in [0.2, 0.25) is 0 Å². The number of hydrogen-bond donors (Lipinski definition) is 2. The van der Waals surface area contributed by atoms with Crippen molar-refractivity contribution in [3.63, 3.8) is 0 Å². The lowest BCUT2D eigenvalue weighted by atomic mass is 10.1. The molecule has 0 aromatic heterocycles. The van der Waals surface area contributed by atoms with Crippen LogP contribution in [0.15, 0.2) is 0 Å². The first kappa shape index (κ1) is 21.7. The van der Waals surface area contributed by atoms with Crippen molar-refractivity contribution < 1.29 is 14.3 Å². The van der Waals surface area contributed by atoms with Crippen LogP contribution in [0.1, 0.15) is 61.8 Å². The molecule has 6 nitrogen and oxygen atoms in total. The Morgan fingerprint density at radius 3 is 2.09 bits per heavy atom. The summed E-state index contributed by atoms with van der Waals surface area (Å²) in [6.45, 7) is 17.0. The Kier molecular flexibility index (Phi) is 8.59. The van der Waals surface area contributed by atoms with Crippen LogP contribution in [0, 0.1) is 0 Å². The van der Waals surface area contributed by atoms with Gasteiger partial charge < -0.3 is 20.3 Å². The molecule has 2 amide bonds. The summed E-state index contributed by atoms with van der Waals surface area (Å²) >= 11 is 0. The number of ether oxygens (including phenoxy) is 1. The Morgan fingerprint density at radius 1 is 1.09 bits per heavy atom. The van der Waals surface area contributed by atoms with Crippen LogP contribution in [-0.4, -0.2) is 53.7 Å². The third-order valence-electron chi connectivity index (χ3n) is 3.15. The van der Waals surface area contributed by atoms with Crippen molar-refractivity contribution in [1.29, 1.82) is 0 Å². The first-order valence-electron chi connectivity index (χ1n) is 8.40. The summed E-state index contributed by atoms with van der Waals surface area (Å²) in [5.41, 5.74) is -0.876. The van der Waals surface area contributed by atoms with E-state index < -0.39 is 5.60 Å². The average molecular weight is 329 g/mol. The fourth-order valence-corrected chi connectivity index (χ4v) is 1.90. The highest BCUT2D eigenvalue weighted by atomic mass is 16.6. The number of hydrogen-bond acceptors (Lipinski definition) is 4. The van der Waals surface area contributed by atoms with Gasteiger partial charge in [-0.25, -0.2) is 4.79 Å². The van der Waals surface area contributed by atoms with E-state index in [0.717, 1.165) is 6.42 Å². The molecular weight excluding hydrogens is 294 g/mol. The second-order valence-corrected chi connectivity index (χ2v) is 7.77. The van der Waals surface area contributed by atoms with Crippen molar-refractivity contribution in [2.24, 2.45) is 0 Å². The van der Waals surface area contributed by atoms with Crippen molar-refractivity contribution >= 4 is 12.0 Å². The first-order valence-corrected chi connectivity index (χ1v) is 8.40. The van der Waals surface area contributed by atoms with Crippen LogP contribution in [0.5, 0.6) is 0 Å². The van der Waals surface area contributed by atoms with Gasteiger partial charge in [-0.1, -0.05) is 6.92 Å². The van der Waals surface area contributed by atoms with Crippen molar-refractivity contribution in [2.45, 2.75) is 79.0 Å². The van der Waals surface area contributed by atoms with Crippen molar-refractivity contribution in [1.82, 2.24) is 15.5 Å². The molecule has 0 spiro atoms. The SMILES string of the molecule is CCCNC(=O)C(C)NCCN(C(=O)OC(C)(C)C)C(C)(C)C.